The third-order valence-corrected chi connectivity index (χ3v) is 4.56. The molecule has 2 aromatic carbocycles. The zero-order valence-corrected chi connectivity index (χ0v) is 15.9. The molecule has 1 N–H and O–H groups in total. The van der Waals surface area contributed by atoms with E-state index in [1.54, 1.807) is 18.3 Å². The van der Waals surface area contributed by atoms with E-state index in [-0.39, 0.29) is 11.8 Å². The summed E-state index contributed by atoms with van der Waals surface area (Å²) in [6.45, 7) is 0.398. The predicted octanol–water partition coefficient (Wildman–Crippen LogP) is 3.67. The summed E-state index contributed by atoms with van der Waals surface area (Å²) in [5, 5.41) is 25.0. The van der Waals surface area contributed by atoms with Gasteiger partial charge in [0, 0.05) is 30.3 Å². The van der Waals surface area contributed by atoms with E-state index in [0.29, 0.717) is 24.5 Å². The molecule has 0 bridgehead atoms. The molecule has 0 radical (unpaired) electrons. The van der Waals surface area contributed by atoms with Crippen LogP contribution in [0.3, 0.4) is 0 Å². The highest BCUT2D eigenvalue weighted by Crippen LogP contribution is 2.25. The fourth-order valence-corrected chi connectivity index (χ4v) is 3.04. The molecular weight excluding hydrogens is 384 g/mol. The number of aromatic nitrogens is 5. The van der Waals surface area contributed by atoms with Crippen molar-refractivity contribution in [1.82, 2.24) is 25.6 Å². The third kappa shape index (κ3) is 4.70. The Hall–Kier alpha value is -3.98. The third-order valence-electron chi connectivity index (χ3n) is 4.56. The number of hydrogen-bond acceptors (Lipinski definition) is 7. The van der Waals surface area contributed by atoms with Crippen molar-refractivity contribution in [3.8, 4) is 11.4 Å². The van der Waals surface area contributed by atoms with Crippen molar-refractivity contribution in [2.45, 2.75) is 19.1 Å². The number of nitrogens with one attached hydrogen (secondary N) is 1. The van der Waals surface area contributed by atoms with Crippen molar-refractivity contribution in [3.63, 3.8) is 0 Å². The van der Waals surface area contributed by atoms with Crippen LogP contribution in [0.5, 0.6) is 0 Å². The first-order valence-electron chi connectivity index (χ1n) is 9.27. The van der Waals surface area contributed by atoms with Crippen molar-refractivity contribution >= 4 is 5.69 Å². The Morgan fingerprint density at radius 3 is 2.57 bits per heavy atom. The molecule has 0 saturated heterocycles. The Morgan fingerprint density at radius 2 is 1.87 bits per heavy atom. The average Bonchev–Trinajstić information content (AvgIpc) is 3.33. The molecule has 1 atom stereocenters. The fourth-order valence-electron chi connectivity index (χ4n) is 3.04. The second-order valence-corrected chi connectivity index (χ2v) is 6.62. The van der Waals surface area contributed by atoms with E-state index >= 15 is 0 Å². The van der Waals surface area contributed by atoms with Crippen LogP contribution in [0, 0.1) is 10.1 Å². The van der Waals surface area contributed by atoms with Crippen LogP contribution in [0.1, 0.15) is 22.9 Å². The van der Waals surface area contributed by atoms with Crippen LogP contribution < -0.4 is 0 Å². The maximum absolute atomic E-state index is 11.1. The number of rotatable bonds is 8. The summed E-state index contributed by atoms with van der Waals surface area (Å²) < 4.78 is 6.17. The minimum atomic E-state index is -0.401. The largest absolute Gasteiger partial charge is 0.367 e. The van der Waals surface area contributed by atoms with Crippen molar-refractivity contribution in [2.24, 2.45) is 0 Å². The number of pyridine rings is 1. The van der Waals surface area contributed by atoms with Crippen molar-refractivity contribution < 1.29 is 9.66 Å². The van der Waals surface area contributed by atoms with Gasteiger partial charge in [-0.3, -0.25) is 15.1 Å². The van der Waals surface area contributed by atoms with E-state index in [2.05, 4.69) is 25.6 Å². The van der Waals surface area contributed by atoms with Crippen molar-refractivity contribution in [2.75, 3.05) is 0 Å². The standard InChI is InChI=1S/C21H18N6O3/c28-27(29)18-8-4-7-16(11-18)12-20(30-14-15-5-2-1-3-6-15)19-10-9-17(13-22-19)21-23-25-26-24-21/h1-11,13,20H,12,14H2,(H,23,24,25,26). The molecule has 150 valence electrons. The lowest BCUT2D eigenvalue weighted by molar-refractivity contribution is -0.384. The summed E-state index contributed by atoms with van der Waals surface area (Å²) >= 11 is 0. The van der Waals surface area contributed by atoms with Crippen molar-refractivity contribution in [3.05, 3.63) is 99.9 Å². The lowest BCUT2D eigenvalue weighted by Crippen LogP contribution is -2.10. The lowest BCUT2D eigenvalue weighted by Gasteiger charge is -2.18. The number of H-pyrrole nitrogens is 1. The monoisotopic (exact) mass is 402 g/mol. The second-order valence-electron chi connectivity index (χ2n) is 6.62. The summed E-state index contributed by atoms with van der Waals surface area (Å²) in [5.41, 5.74) is 3.32. The topological polar surface area (TPSA) is 120 Å². The fraction of sp³-hybridized carbons (Fsp3) is 0.143. The summed E-state index contributed by atoms with van der Waals surface area (Å²) in [4.78, 5) is 15.2. The van der Waals surface area contributed by atoms with Crippen LogP contribution in [0.2, 0.25) is 0 Å². The van der Waals surface area contributed by atoms with E-state index < -0.39 is 4.92 Å². The molecule has 4 rings (SSSR count). The van der Waals surface area contributed by atoms with E-state index in [1.807, 2.05) is 48.5 Å². The Balaban J connectivity index is 1.57. The Labute approximate surface area is 171 Å². The van der Waals surface area contributed by atoms with Gasteiger partial charge in [0.25, 0.3) is 5.69 Å². The number of benzene rings is 2. The zero-order chi connectivity index (χ0) is 20.8. The van der Waals surface area contributed by atoms with Gasteiger partial charge in [0.2, 0.25) is 5.82 Å². The molecule has 2 aromatic heterocycles. The summed E-state index contributed by atoms with van der Waals surface area (Å²) in [5.74, 6) is 0.453. The lowest BCUT2D eigenvalue weighted by atomic mass is 10.0. The first kappa shape index (κ1) is 19.3. The van der Waals surface area contributed by atoms with Crippen LogP contribution in [0.25, 0.3) is 11.4 Å². The van der Waals surface area contributed by atoms with Gasteiger partial charge >= 0.3 is 0 Å². The van der Waals surface area contributed by atoms with Gasteiger partial charge in [-0.25, -0.2) is 0 Å². The molecule has 0 fully saturated rings. The minimum absolute atomic E-state index is 0.0507. The van der Waals surface area contributed by atoms with E-state index in [1.165, 1.54) is 6.07 Å². The molecule has 1 unspecified atom stereocenters. The highest BCUT2D eigenvalue weighted by atomic mass is 16.6. The van der Waals surface area contributed by atoms with Crippen LogP contribution in [0.4, 0.5) is 5.69 Å². The Kier molecular flexibility index (Phi) is 5.81. The van der Waals surface area contributed by atoms with Crippen LogP contribution in [-0.4, -0.2) is 30.5 Å². The van der Waals surface area contributed by atoms with Gasteiger partial charge in [0.1, 0.15) is 6.10 Å². The SMILES string of the molecule is O=[N+]([O-])c1cccc(CC(OCc2ccccc2)c2ccc(-c3nn[nH]n3)cn2)c1. The van der Waals surface area contributed by atoms with Crippen molar-refractivity contribution in [1.29, 1.82) is 0 Å². The predicted molar refractivity (Wildman–Crippen MR) is 108 cm³/mol. The molecular formula is C21H18N6O3. The molecule has 4 aromatic rings. The second kappa shape index (κ2) is 9.01. The van der Waals surface area contributed by atoms with Crippen LogP contribution in [-0.2, 0) is 17.8 Å². The van der Waals surface area contributed by atoms with Gasteiger partial charge in [0.15, 0.2) is 0 Å². The van der Waals surface area contributed by atoms with Gasteiger partial charge in [-0.05, 0) is 28.5 Å². The smallest absolute Gasteiger partial charge is 0.269 e. The van der Waals surface area contributed by atoms with Crippen LogP contribution in [0.15, 0.2) is 72.9 Å². The van der Waals surface area contributed by atoms with Gasteiger partial charge in [-0.15, -0.1) is 10.2 Å². The van der Waals surface area contributed by atoms with Gasteiger partial charge < -0.3 is 4.74 Å². The highest BCUT2D eigenvalue weighted by Gasteiger charge is 2.17. The molecule has 0 saturated carbocycles. The summed E-state index contributed by atoms with van der Waals surface area (Å²) in [7, 11) is 0. The molecule has 0 aliphatic carbocycles. The zero-order valence-electron chi connectivity index (χ0n) is 15.9. The van der Waals surface area contributed by atoms with E-state index in [0.717, 1.165) is 16.7 Å². The molecule has 0 aliphatic heterocycles. The molecule has 9 nitrogen and oxygen atoms in total. The molecule has 0 amide bonds. The molecule has 2 heterocycles. The Morgan fingerprint density at radius 1 is 1.03 bits per heavy atom. The van der Waals surface area contributed by atoms with Gasteiger partial charge in [0.05, 0.1) is 17.2 Å². The number of nitrogens with zero attached hydrogens (tertiary/aromatic N) is 5. The molecule has 0 spiro atoms. The molecule has 0 aliphatic rings. The van der Waals surface area contributed by atoms with Crippen LogP contribution >= 0.6 is 0 Å². The normalized spacial score (nSPS) is 11.9. The first-order valence-corrected chi connectivity index (χ1v) is 9.27. The summed E-state index contributed by atoms with van der Waals surface area (Å²) in [6, 6.07) is 20.1. The first-order chi connectivity index (χ1) is 14.7. The average molecular weight is 402 g/mol. The maximum Gasteiger partial charge on any atom is 0.269 e. The minimum Gasteiger partial charge on any atom is -0.367 e. The number of tetrazole rings is 1. The number of non-ortho nitro benzene ring substituents is 1. The van der Waals surface area contributed by atoms with E-state index in [4.69, 9.17) is 4.74 Å². The molecule has 30 heavy (non-hydrogen) atoms. The summed E-state index contributed by atoms with van der Waals surface area (Å²) in [6.07, 6.45) is 1.72. The van der Waals surface area contributed by atoms with E-state index in [9.17, 15) is 10.1 Å². The number of nitro groups is 1. The number of aromatic amines is 1. The number of nitro benzene ring substituents is 1. The maximum atomic E-state index is 11.1. The number of ether oxygens (including phenoxy) is 1. The Bertz CT molecular complexity index is 1100. The van der Waals surface area contributed by atoms with Gasteiger partial charge in [-0.1, -0.05) is 42.5 Å². The molecule has 9 heteroatoms. The van der Waals surface area contributed by atoms with Gasteiger partial charge in [-0.2, -0.15) is 5.21 Å². The number of hydrogen-bond donors (Lipinski definition) is 1. The highest BCUT2D eigenvalue weighted by molar-refractivity contribution is 5.52. The quantitative estimate of drug-likeness (QED) is 0.353.